The Morgan fingerprint density at radius 3 is 2.18 bits per heavy atom. The molecular weight excluding hydrogens is 585 g/mol. The van der Waals surface area contributed by atoms with Gasteiger partial charge in [0.25, 0.3) is 11.5 Å². The summed E-state index contributed by atoms with van der Waals surface area (Å²) in [6.07, 6.45) is -4.54. The number of fused-ring (bicyclic) bond motifs is 1. The molecule has 0 unspecified atom stereocenters. The van der Waals surface area contributed by atoms with Crippen LogP contribution in [0.5, 0.6) is 0 Å². The highest BCUT2D eigenvalue weighted by Gasteiger charge is 2.36. The number of benzene rings is 3. The molecule has 3 N–H and O–H groups in total. The van der Waals surface area contributed by atoms with Gasteiger partial charge in [0, 0.05) is 30.9 Å². The normalized spacial score (nSPS) is 13.0. The lowest BCUT2D eigenvalue weighted by Crippen LogP contribution is -2.43. The number of amides is 1. The summed E-state index contributed by atoms with van der Waals surface area (Å²) in [7, 11) is 1.36. The summed E-state index contributed by atoms with van der Waals surface area (Å²) in [4.78, 5) is 38.2. The molecule has 3 aromatic carbocycles. The molecule has 1 amide bonds. The Balaban J connectivity index is 1.73. The topological polar surface area (TPSA) is 100 Å². The second kappa shape index (κ2) is 12.5. The average Bonchev–Trinajstić information content (AvgIpc) is 2.94. The van der Waals surface area contributed by atoms with E-state index in [-0.39, 0.29) is 34.8 Å². The van der Waals surface area contributed by atoms with E-state index in [0.29, 0.717) is 17.4 Å². The molecule has 0 bridgehead atoms. The summed E-state index contributed by atoms with van der Waals surface area (Å²) in [6.45, 7) is 5.07. The smallest absolute Gasteiger partial charge is 0.417 e. The van der Waals surface area contributed by atoms with Crippen molar-refractivity contribution in [3.63, 3.8) is 0 Å². The first-order valence-corrected chi connectivity index (χ1v) is 13.7. The zero-order chi connectivity index (χ0) is 32.5. The van der Waals surface area contributed by atoms with E-state index in [4.69, 9.17) is 0 Å². The van der Waals surface area contributed by atoms with Crippen LogP contribution in [0.15, 0.2) is 59.4 Å². The maximum Gasteiger partial charge on any atom is 0.417 e. The van der Waals surface area contributed by atoms with Gasteiger partial charge in [-0.25, -0.2) is 13.6 Å². The van der Waals surface area contributed by atoms with Crippen molar-refractivity contribution < 1.29 is 36.6 Å². The SMILES string of the molecule is CC[C@H](C)Nc1cc(F)c(C(=O)N[C@@H](Cc2ccc(-c3c(C(F)(F)F)cc(C)n(C)c3=O)c3ccccc23)C(=O)O)c(F)c1. The molecule has 0 saturated heterocycles. The second-order valence-corrected chi connectivity index (χ2v) is 10.6. The highest BCUT2D eigenvalue weighted by molar-refractivity contribution is 6.00. The molecular formula is C32H30F5N3O4. The van der Waals surface area contributed by atoms with Gasteiger partial charge in [-0.3, -0.25) is 9.59 Å². The number of aromatic nitrogens is 1. The number of hydrogen-bond acceptors (Lipinski definition) is 4. The minimum atomic E-state index is -4.83. The lowest BCUT2D eigenvalue weighted by molar-refractivity contribution is -0.139. The number of carboxylic acids is 1. The average molecular weight is 616 g/mol. The van der Waals surface area contributed by atoms with E-state index in [2.05, 4.69) is 10.6 Å². The van der Waals surface area contributed by atoms with Gasteiger partial charge in [-0.15, -0.1) is 0 Å². The summed E-state index contributed by atoms with van der Waals surface area (Å²) >= 11 is 0. The summed E-state index contributed by atoms with van der Waals surface area (Å²) in [5.41, 5.74) is -2.96. The van der Waals surface area contributed by atoms with Gasteiger partial charge in [0.1, 0.15) is 23.2 Å². The Hall–Kier alpha value is -4.74. The molecule has 7 nitrogen and oxygen atoms in total. The minimum Gasteiger partial charge on any atom is -0.480 e. The number of halogens is 5. The molecule has 1 heterocycles. The van der Waals surface area contributed by atoms with Crippen LogP contribution in [0.25, 0.3) is 21.9 Å². The zero-order valence-corrected chi connectivity index (χ0v) is 24.3. The molecule has 4 aromatic rings. The van der Waals surface area contributed by atoms with Crippen molar-refractivity contribution in [2.24, 2.45) is 7.05 Å². The highest BCUT2D eigenvalue weighted by Crippen LogP contribution is 2.39. The number of hydrogen-bond donors (Lipinski definition) is 3. The van der Waals surface area contributed by atoms with Crippen LogP contribution in [0, 0.1) is 18.6 Å². The van der Waals surface area contributed by atoms with Crippen molar-refractivity contribution in [1.82, 2.24) is 9.88 Å². The third-order valence-corrected chi connectivity index (χ3v) is 7.58. The number of carbonyl (C=O) groups excluding carboxylic acids is 1. The van der Waals surface area contributed by atoms with Gasteiger partial charge < -0.3 is 20.3 Å². The fraction of sp³-hybridized carbons (Fsp3) is 0.281. The molecule has 1 aromatic heterocycles. The third-order valence-electron chi connectivity index (χ3n) is 7.58. The molecule has 0 radical (unpaired) electrons. The fourth-order valence-corrected chi connectivity index (χ4v) is 4.97. The standard InChI is InChI=1S/C32H30F5N3O4/c1-5-16(2)38-19-14-24(33)28(25(34)15-19)29(41)39-26(31(43)44)13-18-10-11-22(21-9-7-6-8-20(18)21)27-23(32(35,36)37)12-17(3)40(4)30(27)42/h6-12,14-16,26,38H,5,13H2,1-4H3,(H,39,41)(H,43,44)/t16-,26-/m0/s1. The second-order valence-electron chi connectivity index (χ2n) is 10.6. The summed E-state index contributed by atoms with van der Waals surface area (Å²) < 4.78 is 72.9. The molecule has 0 aliphatic rings. The molecule has 2 atom stereocenters. The van der Waals surface area contributed by atoms with Crippen LogP contribution < -0.4 is 16.2 Å². The number of nitrogens with one attached hydrogen (secondary N) is 2. The van der Waals surface area contributed by atoms with Crippen molar-refractivity contribution in [2.45, 2.75) is 51.9 Å². The first kappa shape index (κ1) is 32.2. The van der Waals surface area contributed by atoms with E-state index >= 15 is 0 Å². The van der Waals surface area contributed by atoms with E-state index in [0.717, 1.165) is 22.8 Å². The number of pyridine rings is 1. The molecule has 4 rings (SSSR count). The quantitative estimate of drug-likeness (QED) is 0.188. The largest absolute Gasteiger partial charge is 0.480 e. The van der Waals surface area contributed by atoms with Gasteiger partial charge in [-0.2, -0.15) is 13.2 Å². The van der Waals surface area contributed by atoms with Crippen LogP contribution in [0.1, 0.15) is 47.4 Å². The van der Waals surface area contributed by atoms with E-state index in [1.807, 2.05) is 6.92 Å². The van der Waals surface area contributed by atoms with Gasteiger partial charge in [0.15, 0.2) is 0 Å². The number of carbonyl (C=O) groups is 2. The van der Waals surface area contributed by atoms with Crippen LogP contribution in [-0.4, -0.2) is 33.6 Å². The monoisotopic (exact) mass is 615 g/mol. The Morgan fingerprint density at radius 1 is 1.00 bits per heavy atom. The molecule has 0 spiro atoms. The first-order valence-electron chi connectivity index (χ1n) is 13.7. The van der Waals surface area contributed by atoms with Crippen LogP contribution in [0.3, 0.4) is 0 Å². The number of carboxylic acid groups (broad SMARTS) is 1. The van der Waals surface area contributed by atoms with Gasteiger partial charge in [0.2, 0.25) is 0 Å². The lowest BCUT2D eigenvalue weighted by atomic mass is 9.90. The summed E-state index contributed by atoms with van der Waals surface area (Å²) in [5.74, 6) is -5.17. The van der Waals surface area contributed by atoms with E-state index in [1.165, 1.54) is 32.2 Å². The lowest BCUT2D eigenvalue weighted by Gasteiger charge is -2.20. The van der Waals surface area contributed by atoms with Crippen LogP contribution in [0.4, 0.5) is 27.6 Å². The van der Waals surface area contributed by atoms with E-state index < -0.39 is 58.0 Å². The number of nitrogens with zero attached hydrogens (tertiary/aromatic N) is 1. The Labute approximate surface area is 249 Å². The molecule has 232 valence electrons. The van der Waals surface area contributed by atoms with E-state index in [9.17, 15) is 41.4 Å². The molecule has 0 saturated carbocycles. The number of alkyl halides is 3. The number of anilines is 1. The molecule has 12 heteroatoms. The predicted octanol–water partition coefficient (Wildman–Crippen LogP) is 6.45. The van der Waals surface area contributed by atoms with Gasteiger partial charge >= 0.3 is 12.1 Å². The maximum absolute atomic E-state index is 14.8. The minimum absolute atomic E-state index is 0.0107. The predicted molar refractivity (Wildman–Crippen MR) is 157 cm³/mol. The molecule has 0 aliphatic carbocycles. The molecule has 0 aliphatic heterocycles. The summed E-state index contributed by atoms with van der Waals surface area (Å²) in [6, 6.07) is 9.87. The van der Waals surface area contributed by atoms with Gasteiger partial charge in [-0.05, 0) is 60.4 Å². The Morgan fingerprint density at radius 2 is 1.61 bits per heavy atom. The van der Waals surface area contributed by atoms with Gasteiger partial charge in [0.05, 0.1) is 11.1 Å². The van der Waals surface area contributed by atoms with Crippen molar-refractivity contribution in [1.29, 1.82) is 0 Å². The Bertz CT molecular complexity index is 1790. The van der Waals surface area contributed by atoms with Crippen LogP contribution >= 0.6 is 0 Å². The van der Waals surface area contributed by atoms with Crippen LogP contribution in [0.2, 0.25) is 0 Å². The third kappa shape index (κ3) is 6.43. The van der Waals surface area contributed by atoms with Crippen molar-refractivity contribution in [2.75, 3.05) is 5.32 Å². The first-order chi connectivity index (χ1) is 20.6. The molecule has 0 fully saturated rings. The number of aliphatic carboxylic acids is 1. The fourth-order valence-electron chi connectivity index (χ4n) is 4.97. The molecule has 44 heavy (non-hydrogen) atoms. The number of aryl methyl sites for hydroxylation is 1. The van der Waals surface area contributed by atoms with Crippen molar-refractivity contribution >= 4 is 28.3 Å². The van der Waals surface area contributed by atoms with Gasteiger partial charge in [-0.1, -0.05) is 43.3 Å². The Kier molecular flexibility index (Phi) is 9.12. The van der Waals surface area contributed by atoms with Crippen molar-refractivity contribution in [3.8, 4) is 11.1 Å². The van der Waals surface area contributed by atoms with Crippen molar-refractivity contribution in [3.05, 3.63) is 99.0 Å². The van der Waals surface area contributed by atoms with Crippen LogP contribution in [-0.2, 0) is 24.4 Å². The zero-order valence-electron chi connectivity index (χ0n) is 24.3. The number of rotatable bonds is 9. The summed E-state index contributed by atoms with van der Waals surface area (Å²) in [5, 5.41) is 15.5. The highest BCUT2D eigenvalue weighted by atomic mass is 19.4. The van der Waals surface area contributed by atoms with E-state index in [1.54, 1.807) is 25.1 Å². The maximum atomic E-state index is 14.8.